The first-order valence-electron chi connectivity index (χ1n) is 12.7. The van der Waals surface area contributed by atoms with Crippen LogP contribution in [0.15, 0.2) is 12.3 Å². The van der Waals surface area contributed by atoms with Crippen LogP contribution in [0.4, 0.5) is 0 Å². The van der Waals surface area contributed by atoms with Crippen molar-refractivity contribution in [1.82, 2.24) is 9.97 Å². The molecule has 0 bridgehead atoms. The van der Waals surface area contributed by atoms with Crippen molar-refractivity contribution in [3.63, 3.8) is 0 Å². The normalized spacial score (nSPS) is 15.8. The zero-order chi connectivity index (χ0) is 28.2. The van der Waals surface area contributed by atoms with E-state index in [0.717, 1.165) is 0 Å². The molecule has 1 heterocycles. The SMILES string of the molecule is CCC(=O)OC(OP(=O)(COC(C)Cc1ccnc(OC(C)C)n1)OC(OC(=O)CC)C(C)C)C(C)C. The predicted octanol–water partition coefficient (Wildman–Crippen LogP) is 5.27. The van der Waals surface area contributed by atoms with Gasteiger partial charge in [0.05, 0.1) is 17.9 Å². The number of nitrogens with zero attached hydrogens (tertiary/aromatic N) is 2. The van der Waals surface area contributed by atoms with E-state index in [4.69, 9.17) is 28.0 Å². The Kier molecular flexibility index (Phi) is 14.3. The summed E-state index contributed by atoms with van der Waals surface area (Å²) >= 11 is 0. The van der Waals surface area contributed by atoms with E-state index in [0.29, 0.717) is 12.1 Å². The first-order valence-corrected chi connectivity index (χ1v) is 14.5. The minimum absolute atomic E-state index is 0.0736. The van der Waals surface area contributed by atoms with E-state index in [2.05, 4.69) is 9.97 Å². The lowest BCUT2D eigenvalue weighted by Gasteiger charge is -2.31. The Morgan fingerprint density at radius 2 is 1.41 bits per heavy atom. The monoisotopic (exact) mass is 546 g/mol. The van der Waals surface area contributed by atoms with Crippen molar-refractivity contribution in [3.8, 4) is 6.01 Å². The summed E-state index contributed by atoms with van der Waals surface area (Å²) in [4.78, 5) is 32.3. The van der Waals surface area contributed by atoms with Crippen LogP contribution in [0.25, 0.3) is 0 Å². The highest BCUT2D eigenvalue weighted by molar-refractivity contribution is 7.53. The van der Waals surface area contributed by atoms with Crippen LogP contribution in [0.2, 0.25) is 0 Å². The molecule has 0 aliphatic carbocycles. The second-order valence-electron chi connectivity index (χ2n) is 9.54. The topological polar surface area (TPSA) is 132 Å². The number of carbonyl (C=O) groups is 2. The molecule has 11 nitrogen and oxygen atoms in total. The van der Waals surface area contributed by atoms with Crippen LogP contribution in [0.3, 0.4) is 0 Å². The lowest BCUT2D eigenvalue weighted by molar-refractivity contribution is -0.179. The Balaban J connectivity index is 3.07. The molecule has 0 radical (unpaired) electrons. The quantitative estimate of drug-likeness (QED) is 0.144. The fraction of sp³-hybridized carbons (Fsp3) is 0.760. The fourth-order valence-electron chi connectivity index (χ4n) is 2.72. The van der Waals surface area contributed by atoms with Gasteiger partial charge in [-0.3, -0.25) is 23.2 Å². The molecule has 1 aromatic heterocycles. The third-order valence-corrected chi connectivity index (χ3v) is 6.26. The summed E-state index contributed by atoms with van der Waals surface area (Å²) in [5.74, 6) is -1.69. The minimum atomic E-state index is -4.09. The van der Waals surface area contributed by atoms with Crippen molar-refractivity contribution in [2.24, 2.45) is 11.8 Å². The van der Waals surface area contributed by atoms with Gasteiger partial charge in [-0.25, -0.2) is 9.97 Å². The molecule has 0 aliphatic heterocycles. The number of rotatable bonds is 17. The molecule has 1 rings (SSSR count). The summed E-state index contributed by atoms with van der Waals surface area (Å²) in [6.45, 7) is 15.8. The summed E-state index contributed by atoms with van der Waals surface area (Å²) in [6, 6.07) is 1.99. The van der Waals surface area contributed by atoms with Crippen LogP contribution >= 0.6 is 7.60 Å². The van der Waals surface area contributed by atoms with E-state index in [1.54, 1.807) is 60.7 Å². The van der Waals surface area contributed by atoms with Gasteiger partial charge in [-0.2, -0.15) is 0 Å². The molecular weight excluding hydrogens is 503 g/mol. The van der Waals surface area contributed by atoms with Crippen LogP contribution in [-0.4, -0.2) is 53.0 Å². The Morgan fingerprint density at radius 1 is 0.892 bits per heavy atom. The smallest absolute Gasteiger partial charge is 0.362 e. The molecule has 212 valence electrons. The standard InChI is InChI=1S/C25H43N2O9P/c1-10-21(28)33-23(16(3)4)35-37(30,36-24(17(5)6)34-22(29)11-2)15-31-19(9)14-20-12-13-26-25(27-20)32-18(7)8/h12-13,16-19,23-24H,10-11,14-15H2,1-9H3. The van der Waals surface area contributed by atoms with Gasteiger partial charge in [-0.15, -0.1) is 0 Å². The third-order valence-electron chi connectivity index (χ3n) is 4.74. The molecule has 0 saturated carbocycles. The summed E-state index contributed by atoms with van der Waals surface area (Å²) in [5, 5.41) is 0. The Bertz CT molecular complexity index is 859. The molecule has 3 unspecified atom stereocenters. The van der Waals surface area contributed by atoms with Crippen molar-refractivity contribution >= 4 is 19.5 Å². The number of ether oxygens (including phenoxy) is 4. The molecule has 0 saturated heterocycles. The molecule has 0 spiro atoms. The molecule has 37 heavy (non-hydrogen) atoms. The first kappa shape index (κ1) is 33.0. The van der Waals surface area contributed by atoms with Gasteiger partial charge >= 0.3 is 25.5 Å². The van der Waals surface area contributed by atoms with Crippen molar-refractivity contribution in [2.75, 3.05) is 6.35 Å². The number of esters is 2. The average molecular weight is 547 g/mol. The van der Waals surface area contributed by atoms with Gasteiger partial charge < -0.3 is 18.9 Å². The highest BCUT2D eigenvalue weighted by atomic mass is 31.2. The van der Waals surface area contributed by atoms with Crippen LogP contribution < -0.4 is 4.74 Å². The third kappa shape index (κ3) is 12.8. The van der Waals surface area contributed by atoms with Gasteiger partial charge in [0.1, 0.15) is 6.35 Å². The van der Waals surface area contributed by atoms with Gasteiger partial charge in [0.15, 0.2) is 0 Å². The number of aromatic nitrogens is 2. The highest BCUT2D eigenvalue weighted by Gasteiger charge is 2.38. The summed E-state index contributed by atoms with van der Waals surface area (Å²) in [6.07, 6.45) is -1.08. The van der Waals surface area contributed by atoms with Gasteiger partial charge in [0.2, 0.25) is 12.6 Å². The van der Waals surface area contributed by atoms with E-state index >= 15 is 0 Å². The van der Waals surface area contributed by atoms with Crippen molar-refractivity contribution in [1.29, 1.82) is 0 Å². The Morgan fingerprint density at radius 3 is 1.84 bits per heavy atom. The molecular formula is C25H43N2O9P. The first-order chi connectivity index (χ1) is 17.3. The average Bonchev–Trinajstić information content (AvgIpc) is 2.81. The van der Waals surface area contributed by atoms with Gasteiger partial charge in [-0.1, -0.05) is 41.5 Å². The Hall–Kier alpha value is -2.07. The fourth-order valence-corrected chi connectivity index (χ4v) is 4.53. The van der Waals surface area contributed by atoms with Crippen molar-refractivity contribution < 1.29 is 42.1 Å². The number of hydrogen-bond acceptors (Lipinski definition) is 11. The molecule has 0 amide bonds. The summed E-state index contributed by atoms with van der Waals surface area (Å²) in [5.41, 5.74) is 0.670. The summed E-state index contributed by atoms with van der Waals surface area (Å²) < 4.78 is 47.5. The molecule has 0 N–H and O–H groups in total. The van der Waals surface area contributed by atoms with E-state index in [1.165, 1.54) is 0 Å². The second kappa shape index (κ2) is 16.0. The van der Waals surface area contributed by atoms with Crippen LogP contribution in [0.5, 0.6) is 6.01 Å². The maximum absolute atomic E-state index is 13.9. The molecule has 0 aliphatic rings. The van der Waals surface area contributed by atoms with E-state index in [-0.39, 0.29) is 36.8 Å². The lowest BCUT2D eigenvalue weighted by atomic mass is 10.2. The van der Waals surface area contributed by atoms with Crippen LogP contribution in [0, 0.1) is 11.8 Å². The van der Waals surface area contributed by atoms with E-state index in [1.807, 2.05) is 13.8 Å². The molecule has 3 atom stereocenters. The minimum Gasteiger partial charge on any atom is -0.461 e. The predicted molar refractivity (Wildman–Crippen MR) is 137 cm³/mol. The zero-order valence-electron chi connectivity index (χ0n) is 23.5. The molecule has 12 heteroatoms. The summed E-state index contributed by atoms with van der Waals surface area (Å²) in [7, 11) is -4.09. The zero-order valence-corrected chi connectivity index (χ0v) is 24.4. The van der Waals surface area contributed by atoms with E-state index in [9.17, 15) is 14.2 Å². The highest BCUT2D eigenvalue weighted by Crippen LogP contribution is 2.52. The Labute approximate surface area is 220 Å². The number of hydrogen-bond donors (Lipinski definition) is 0. The molecule has 1 aromatic rings. The lowest BCUT2D eigenvalue weighted by Crippen LogP contribution is -2.31. The van der Waals surface area contributed by atoms with Crippen molar-refractivity contribution in [2.45, 2.75) is 106 Å². The van der Waals surface area contributed by atoms with E-state index < -0.39 is 44.6 Å². The van der Waals surface area contributed by atoms with Crippen molar-refractivity contribution in [3.05, 3.63) is 18.0 Å². The maximum atomic E-state index is 13.9. The largest absolute Gasteiger partial charge is 0.461 e. The van der Waals surface area contributed by atoms with Gasteiger partial charge in [0.25, 0.3) is 0 Å². The molecule has 0 fully saturated rings. The second-order valence-corrected chi connectivity index (χ2v) is 11.4. The molecule has 0 aromatic carbocycles. The van der Waals surface area contributed by atoms with Gasteiger partial charge in [-0.05, 0) is 26.8 Å². The van der Waals surface area contributed by atoms with Gasteiger partial charge in [0, 0.05) is 37.3 Å². The van der Waals surface area contributed by atoms with Crippen LogP contribution in [-0.2, 0) is 43.8 Å². The number of carbonyl (C=O) groups excluding carboxylic acids is 2. The maximum Gasteiger partial charge on any atom is 0.362 e. The van der Waals surface area contributed by atoms with Crippen LogP contribution in [0.1, 0.15) is 80.8 Å².